The number of amides is 1. The third kappa shape index (κ3) is 5.37. The number of nitrogens with two attached hydrogens (primary N) is 1. The maximum atomic E-state index is 12.9. The van der Waals surface area contributed by atoms with Crippen molar-refractivity contribution in [1.82, 2.24) is 9.55 Å². The second kappa shape index (κ2) is 9.85. The molecule has 0 spiro atoms. The number of nitrogens with one attached hydrogen (secondary N) is 1. The first kappa shape index (κ1) is 24.0. The second-order valence-corrected chi connectivity index (χ2v) is 10.2. The molecule has 0 aliphatic carbocycles. The summed E-state index contributed by atoms with van der Waals surface area (Å²) < 4.78 is 25.2. The maximum absolute atomic E-state index is 12.9. The number of aromatic nitrogens is 2. The lowest BCUT2D eigenvalue weighted by molar-refractivity contribution is -0.116. The summed E-state index contributed by atoms with van der Waals surface area (Å²) in [5.41, 5.74) is 2.47. The van der Waals surface area contributed by atoms with Crippen molar-refractivity contribution in [2.75, 3.05) is 5.32 Å². The van der Waals surface area contributed by atoms with Crippen LogP contribution in [0.15, 0.2) is 52.5 Å². The normalized spacial score (nSPS) is 12.6. The van der Waals surface area contributed by atoms with Gasteiger partial charge >= 0.3 is 0 Å². The number of hydrogen-bond acceptors (Lipinski definition) is 6. The van der Waals surface area contributed by atoms with Crippen LogP contribution in [0.4, 0.5) is 5.69 Å². The van der Waals surface area contributed by atoms with E-state index in [1.54, 1.807) is 37.3 Å². The van der Waals surface area contributed by atoms with Crippen LogP contribution in [0, 0.1) is 0 Å². The molecular formula is C22H26N4O4S2. The third-order valence-electron chi connectivity index (χ3n) is 4.91. The van der Waals surface area contributed by atoms with Crippen molar-refractivity contribution in [3.05, 3.63) is 48.0 Å². The monoisotopic (exact) mass is 474 g/mol. The molecule has 1 amide bonds. The maximum Gasteiger partial charge on any atom is 0.238 e. The van der Waals surface area contributed by atoms with Crippen molar-refractivity contribution in [3.8, 4) is 0 Å². The molecule has 3 aromatic rings. The van der Waals surface area contributed by atoms with Crippen molar-refractivity contribution in [2.45, 2.75) is 55.5 Å². The minimum Gasteiger partial charge on any atom is -0.326 e. The minimum absolute atomic E-state index is 0.00227. The standard InChI is InChI=1S/C22H26N4O4S2/c1-4-6-20(27)24-16-9-7-15(8-10-16)21(28)14(3)31-22-25-18-13-17(32(23,29)30)11-12-19(18)26(22)5-2/h7-14H,4-6H2,1-3H3,(H,24,27)(H2,23,29,30). The van der Waals surface area contributed by atoms with Crippen LogP contribution in [0.25, 0.3) is 11.0 Å². The summed E-state index contributed by atoms with van der Waals surface area (Å²) in [4.78, 5) is 29.2. The van der Waals surface area contributed by atoms with Crippen molar-refractivity contribution in [1.29, 1.82) is 0 Å². The number of Topliss-reactive ketones (excluding diaryl/α,β-unsaturated/α-hetero) is 1. The van der Waals surface area contributed by atoms with Gasteiger partial charge in [0.25, 0.3) is 0 Å². The zero-order valence-electron chi connectivity index (χ0n) is 18.2. The van der Waals surface area contributed by atoms with Crippen LogP contribution in [0.3, 0.4) is 0 Å². The van der Waals surface area contributed by atoms with Crippen molar-refractivity contribution >= 4 is 50.2 Å². The Morgan fingerprint density at radius 1 is 1.16 bits per heavy atom. The Kier molecular flexibility index (Phi) is 7.37. The first-order valence-electron chi connectivity index (χ1n) is 10.3. The van der Waals surface area contributed by atoms with E-state index >= 15 is 0 Å². The Morgan fingerprint density at radius 3 is 2.44 bits per heavy atom. The van der Waals surface area contributed by atoms with Gasteiger partial charge in [-0.05, 0) is 62.7 Å². The number of carbonyl (C=O) groups is 2. The first-order chi connectivity index (χ1) is 15.1. The average molecular weight is 475 g/mol. The lowest BCUT2D eigenvalue weighted by atomic mass is 10.1. The highest BCUT2D eigenvalue weighted by Gasteiger charge is 2.21. The summed E-state index contributed by atoms with van der Waals surface area (Å²) in [7, 11) is -3.83. The Bertz CT molecular complexity index is 1250. The molecule has 1 unspecified atom stereocenters. The molecule has 0 fully saturated rings. The topological polar surface area (TPSA) is 124 Å². The number of thioether (sulfide) groups is 1. The van der Waals surface area contributed by atoms with E-state index in [-0.39, 0.29) is 16.6 Å². The Balaban J connectivity index is 1.79. The fourth-order valence-electron chi connectivity index (χ4n) is 3.27. The number of benzene rings is 2. The van der Waals surface area contributed by atoms with Gasteiger partial charge in [0.2, 0.25) is 15.9 Å². The van der Waals surface area contributed by atoms with Gasteiger partial charge in [0.15, 0.2) is 10.9 Å². The van der Waals surface area contributed by atoms with E-state index in [4.69, 9.17) is 5.14 Å². The number of ketones is 1. The SMILES string of the molecule is CCCC(=O)Nc1ccc(C(=O)C(C)Sc2nc3cc(S(N)(=O)=O)ccc3n2CC)cc1. The zero-order chi connectivity index (χ0) is 23.5. The molecule has 3 rings (SSSR count). The number of primary sulfonamides is 1. The van der Waals surface area contributed by atoms with Crippen LogP contribution in [0.1, 0.15) is 44.0 Å². The molecule has 170 valence electrons. The fourth-order valence-corrected chi connectivity index (χ4v) is 4.87. The van der Waals surface area contributed by atoms with E-state index in [0.29, 0.717) is 34.9 Å². The molecule has 32 heavy (non-hydrogen) atoms. The van der Waals surface area contributed by atoms with E-state index in [9.17, 15) is 18.0 Å². The number of fused-ring (bicyclic) bond motifs is 1. The summed E-state index contributed by atoms with van der Waals surface area (Å²) in [5, 5.41) is 8.23. The largest absolute Gasteiger partial charge is 0.326 e. The van der Waals surface area contributed by atoms with Crippen LogP contribution < -0.4 is 10.5 Å². The highest BCUT2D eigenvalue weighted by Crippen LogP contribution is 2.30. The number of sulfonamides is 1. The Labute approximate surface area is 191 Å². The molecular weight excluding hydrogens is 448 g/mol. The van der Waals surface area contributed by atoms with Gasteiger partial charge in [-0.25, -0.2) is 18.5 Å². The number of aryl methyl sites for hydroxylation is 1. The molecule has 0 radical (unpaired) electrons. The van der Waals surface area contributed by atoms with Gasteiger partial charge in [0, 0.05) is 24.2 Å². The molecule has 0 aliphatic rings. The fraction of sp³-hybridized carbons (Fsp3) is 0.318. The summed E-state index contributed by atoms with van der Waals surface area (Å²) >= 11 is 1.31. The van der Waals surface area contributed by atoms with E-state index in [1.165, 1.54) is 23.9 Å². The molecule has 1 aromatic heterocycles. The number of imidazole rings is 1. The number of hydrogen-bond donors (Lipinski definition) is 2. The number of carbonyl (C=O) groups excluding carboxylic acids is 2. The van der Waals surface area contributed by atoms with E-state index < -0.39 is 15.3 Å². The highest BCUT2D eigenvalue weighted by atomic mass is 32.2. The quantitative estimate of drug-likeness (QED) is 0.359. The van der Waals surface area contributed by atoms with Gasteiger partial charge in [-0.3, -0.25) is 9.59 Å². The van der Waals surface area contributed by atoms with Crippen LogP contribution in [0.5, 0.6) is 0 Å². The summed E-state index contributed by atoms with van der Waals surface area (Å²) in [6, 6.07) is 11.4. The molecule has 0 aliphatic heterocycles. The first-order valence-corrected chi connectivity index (χ1v) is 12.7. The molecule has 3 N–H and O–H groups in total. The van der Waals surface area contributed by atoms with Gasteiger partial charge < -0.3 is 9.88 Å². The smallest absolute Gasteiger partial charge is 0.238 e. The molecule has 10 heteroatoms. The minimum atomic E-state index is -3.83. The van der Waals surface area contributed by atoms with Gasteiger partial charge in [0.05, 0.1) is 21.2 Å². The number of anilines is 1. The predicted molar refractivity (Wildman–Crippen MR) is 126 cm³/mol. The number of rotatable bonds is 9. The Hall–Kier alpha value is -2.69. The molecule has 0 saturated carbocycles. The predicted octanol–water partition coefficient (Wildman–Crippen LogP) is 3.81. The van der Waals surface area contributed by atoms with Gasteiger partial charge in [0.1, 0.15) is 0 Å². The van der Waals surface area contributed by atoms with E-state index in [1.807, 2.05) is 18.4 Å². The molecule has 1 atom stereocenters. The average Bonchev–Trinajstić information content (AvgIpc) is 3.09. The van der Waals surface area contributed by atoms with Gasteiger partial charge in [-0.15, -0.1) is 0 Å². The molecule has 0 saturated heterocycles. The number of nitrogens with zero attached hydrogens (tertiary/aromatic N) is 2. The lowest BCUT2D eigenvalue weighted by Crippen LogP contribution is -2.15. The van der Waals surface area contributed by atoms with Gasteiger partial charge in [-0.1, -0.05) is 18.7 Å². The van der Waals surface area contributed by atoms with Gasteiger partial charge in [-0.2, -0.15) is 0 Å². The second-order valence-electron chi connectivity index (χ2n) is 7.33. The summed E-state index contributed by atoms with van der Waals surface area (Å²) in [6.07, 6.45) is 1.22. The highest BCUT2D eigenvalue weighted by molar-refractivity contribution is 8.00. The lowest BCUT2D eigenvalue weighted by Gasteiger charge is -2.12. The van der Waals surface area contributed by atoms with Crippen LogP contribution in [0.2, 0.25) is 0 Å². The van der Waals surface area contributed by atoms with Crippen LogP contribution in [-0.2, 0) is 21.4 Å². The zero-order valence-corrected chi connectivity index (χ0v) is 19.8. The third-order valence-corrected chi connectivity index (χ3v) is 6.91. The molecule has 0 bridgehead atoms. The van der Waals surface area contributed by atoms with Crippen molar-refractivity contribution < 1.29 is 18.0 Å². The van der Waals surface area contributed by atoms with Crippen molar-refractivity contribution in [3.63, 3.8) is 0 Å². The van der Waals surface area contributed by atoms with Crippen LogP contribution in [-0.4, -0.2) is 34.9 Å². The molecule has 8 nitrogen and oxygen atoms in total. The Morgan fingerprint density at radius 2 is 1.84 bits per heavy atom. The van der Waals surface area contributed by atoms with E-state index in [0.717, 1.165) is 11.9 Å². The molecule has 2 aromatic carbocycles. The van der Waals surface area contributed by atoms with Crippen molar-refractivity contribution in [2.24, 2.45) is 5.14 Å². The summed E-state index contributed by atoms with van der Waals surface area (Å²) in [5.74, 6) is -0.124. The van der Waals surface area contributed by atoms with E-state index in [2.05, 4.69) is 10.3 Å². The summed E-state index contributed by atoms with van der Waals surface area (Å²) in [6.45, 7) is 6.31. The molecule has 1 heterocycles. The van der Waals surface area contributed by atoms with Crippen LogP contribution >= 0.6 is 11.8 Å².